The van der Waals surface area contributed by atoms with Crippen LogP contribution in [0.15, 0.2) is 0 Å². The molecular weight excluding hydrogens is 202 g/mol. The van der Waals surface area contributed by atoms with Crippen molar-refractivity contribution in [2.75, 3.05) is 6.54 Å². The number of carboxylic acids is 1. The quantitative estimate of drug-likeness (QED) is 0.722. The Hall–Kier alpha value is -1.01. The van der Waals surface area contributed by atoms with Crippen LogP contribution in [0.3, 0.4) is 0 Å². The highest BCUT2D eigenvalue weighted by Gasteiger charge is 2.44. The van der Waals surface area contributed by atoms with E-state index in [2.05, 4.69) is 16.7 Å². The zero-order chi connectivity index (χ0) is 11.5. The summed E-state index contributed by atoms with van der Waals surface area (Å²) in [5.41, 5.74) is 0. The first-order chi connectivity index (χ1) is 7.74. The Bertz CT molecular complexity index is 329. The molecule has 3 atom stereocenters. The molecule has 1 N–H and O–H groups in total. The van der Waals surface area contributed by atoms with E-state index in [1.807, 2.05) is 6.92 Å². The molecule has 1 aliphatic heterocycles. The maximum Gasteiger partial charge on any atom is 0.320 e. The average Bonchev–Trinajstić information content (AvgIpc) is 2.65. The van der Waals surface area contributed by atoms with Gasteiger partial charge < -0.3 is 5.11 Å². The summed E-state index contributed by atoms with van der Waals surface area (Å²) in [5.74, 6) is 5.80. The molecule has 3 nitrogen and oxygen atoms in total. The van der Waals surface area contributed by atoms with Crippen LogP contribution in [0.25, 0.3) is 0 Å². The van der Waals surface area contributed by atoms with E-state index in [9.17, 15) is 9.90 Å². The van der Waals surface area contributed by atoms with Crippen molar-refractivity contribution in [2.45, 2.75) is 51.1 Å². The van der Waals surface area contributed by atoms with Gasteiger partial charge in [-0.3, -0.25) is 9.69 Å². The number of fused-ring (bicyclic) bond motifs is 1. The Balaban J connectivity index is 2.13. The Kier molecular flexibility index (Phi) is 3.50. The van der Waals surface area contributed by atoms with Crippen LogP contribution in [0.4, 0.5) is 0 Å². The number of nitrogens with zero attached hydrogens (tertiary/aromatic N) is 1. The zero-order valence-corrected chi connectivity index (χ0v) is 9.78. The molecule has 0 aromatic rings. The maximum atomic E-state index is 11.2. The summed E-state index contributed by atoms with van der Waals surface area (Å²) in [5, 5.41) is 9.24. The van der Waals surface area contributed by atoms with Crippen molar-refractivity contribution >= 4 is 5.97 Å². The number of carboxylic acid groups (broad SMARTS) is 1. The van der Waals surface area contributed by atoms with E-state index in [1.54, 1.807) is 0 Å². The van der Waals surface area contributed by atoms with E-state index >= 15 is 0 Å². The van der Waals surface area contributed by atoms with Crippen molar-refractivity contribution in [1.29, 1.82) is 0 Å². The van der Waals surface area contributed by atoms with E-state index in [4.69, 9.17) is 0 Å². The third-order valence-electron chi connectivity index (χ3n) is 3.94. The van der Waals surface area contributed by atoms with Gasteiger partial charge in [0.05, 0.1) is 6.54 Å². The monoisotopic (exact) mass is 221 g/mol. The van der Waals surface area contributed by atoms with Gasteiger partial charge in [-0.15, -0.1) is 5.92 Å². The van der Waals surface area contributed by atoms with Gasteiger partial charge in [-0.05, 0) is 32.1 Å². The van der Waals surface area contributed by atoms with Crippen LogP contribution in [-0.2, 0) is 4.79 Å². The molecule has 2 aliphatic rings. The number of rotatable bonds is 2. The summed E-state index contributed by atoms with van der Waals surface area (Å²) < 4.78 is 0. The van der Waals surface area contributed by atoms with Crippen molar-refractivity contribution in [3.63, 3.8) is 0 Å². The summed E-state index contributed by atoms with van der Waals surface area (Å²) in [6.07, 6.45) is 5.68. The lowest BCUT2D eigenvalue weighted by atomic mass is 9.85. The Morgan fingerprint density at radius 1 is 1.44 bits per heavy atom. The second kappa shape index (κ2) is 4.88. The fraction of sp³-hybridized carbons (Fsp3) is 0.769. The van der Waals surface area contributed by atoms with Crippen molar-refractivity contribution in [2.24, 2.45) is 5.92 Å². The molecule has 0 radical (unpaired) electrons. The van der Waals surface area contributed by atoms with Gasteiger partial charge in [-0.25, -0.2) is 0 Å². The van der Waals surface area contributed by atoms with Crippen LogP contribution in [-0.4, -0.2) is 34.6 Å². The van der Waals surface area contributed by atoms with Crippen LogP contribution in [0.5, 0.6) is 0 Å². The number of hydrogen-bond acceptors (Lipinski definition) is 2. The molecule has 1 aliphatic carbocycles. The number of aliphatic carboxylic acids is 1. The average molecular weight is 221 g/mol. The molecule has 1 heterocycles. The molecule has 0 spiro atoms. The molecule has 1 saturated heterocycles. The van der Waals surface area contributed by atoms with Gasteiger partial charge in [0.2, 0.25) is 0 Å². The third kappa shape index (κ3) is 2.08. The van der Waals surface area contributed by atoms with E-state index < -0.39 is 5.97 Å². The first-order valence-corrected chi connectivity index (χ1v) is 6.12. The highest BCUT2D eigenvalue weighted by atomic mass is 16.4. The number of hydrogen-bond donors (Lipinski definition) is 1. The topological polar surface area (TPSA) is 40.5 Å². The van der Waals surface area contributed by atoms with Crippen LogP contribution in [0, 0.1) is 17.8 Å². The lowest BCUT2D eigenvalue weighted by Crippen LogP contribution is -2.42. The Labute approximate surface area is 96.8 Å². The van der Waals surface area contributed by atoms with Gasteiger partial charge >= 0.3 is 5.97 Å². The predicted octanol–water partition coefficient (Wildman–Crippen LogP) is 1.73. The lowest BCUT2D eigenvalue weighted by molar-refractivity contribution is -0.142. The predicted molar refractivity (Wildman–Crippen MR) is 61.9 cm³/mol. The van der Waals surface area contributed by atoms with E-state index in [0.29, 0.717) is 18.5 Å². The second-order valence-electron chi connectivity index (χ2n) is 4.80. The second-order valence-corrected chi connectivity index (χ2v) is 4.80. The number of likely N-dealkylation sites (tertiary alicyclic amines) is 1. The Morgan fingerprint density at radius 2 is 2.19 bits per heavy atom. The molecule has 3 heteroatoms. The minimum Gasteiger partial charge on any atom is -0.480 e. The molecule has 0 aromatic heterocycles. The normalized spacial score (nSPS) is 33.9. The molecule has 0 bridgehead atoms. The fourth-order valence-corrected chi connectivity index (χ4v) is 3.19. The summed E-state index contributed by atoms with van der Waals surface area (Å²) in [6.45, 7) is 2.43. The first kappa shape index (κ1) is 11.5. The minimum absolute atomic E-state index is 0.297. The molecule has 3 unspecified atom stereocenters. The van der Waals surface area contributed by atoms with E-state index in [0.717, 1.165) is 12.8 Å². The summed E-state index contributed by atoms with van der Waals surface area (Å²) in [4.78, 5) is 13.3. The van der Waals surface area contributed by atoms with Crippen LogP contribution >= 0.6 is 0 Å². The summed E-state index contributed by atoms with van der Waals surface area (Å²) in [7, 11) is 0. The van der Waals surface area contributed by atoms with Gasteiger partial charge in [-0.1, -0.05) is 18.8 Å². The summed E-state index contributed by atoms with van der Waals surface area (Å²) in [6, 6.07) is 0.171. The zero-order valence-electron chi connectivity index (χ0n) is 9.78. The highest BCUT2D eigenvalue weighted by Crippen LogP contribution is 2.39. The van der Waals surface area contributed by atoms with Gasteiger partial charge in [-0.2, -0.15) is 0 Å². The van der Waals surface area contributed by atoms with Crippen LogP contribution in [0.2, 0.25) is 0 Å². The lowest BCUT2D eigenvalue weighted by Gasteiger charge is -2.31. The van der Waals surface area contributed by atoms with E-state index in [1.165, 1.54) is 19.3 Å². The van der Waals surface area contributed by atoms with Gasteiger partial charge in [0.15, 0.2) is 0 Å². The molecular formula is C13H19NO2. The molecule has 0 amide bonds. The highest BCUT2D eigenvalue weighted by molar-refractivity contribution is 5.74. The molecule has 1 saturated carbocycles. The van der Waals surface area contributed by atoms with E-state index in [-0.39, 0.29) is 6.04 Å². The molecule has 88 valence electrons. The van der Waals surface area contributed by atoms with Crippen molar-refractivity contribution in [1.82, 2.24) is 4.90 Å². The Morgan fingerprint density at radius 3 is 2.88 bits per heavy atom. The van der Waals surface area contributed by atoms with Crippen molar-refractivity contribution in [3.05, 3.63) is 0 Å². The van der Waals surface area contributed by atoms with Crippen LogP contribution < -0.4 is 0 Å². The largest absolute Gasteiger partial charge is 0.480 e. The molecule has 2 rings (SSSR count). The minimum atomic E-state index is -0.674. The maximum absolute atomic E-state index is 11.2. The smallest absolute Gasteiger partial charge is 0.320 e. The molecule has 2 fully saturated rings. The van der Waals surface area contributed by atoms with Gasteiger partial charge in [0, 0.05) is 6.04 Å². The molecule has 0 aromatic carbocycles. The fourth-order valence-electron chi connectivity index (χ4n) is 3.19. The van der Waals surface area contributed by atoms with Gasteiger partial charge in [0.1, 0.15) is 6.04 Å². The molecule has 16 heavy (non-hydrogen) atoms. The SMILES string of the molecule is CC#CCN1C(C(=O)O)CC2CCCCC21. The first-order valence-electron chi connectivity index (χ1n) is 6.12. The van der Waals surface area contributed by atoms with Crippen LogP contribution in [0.1, 0.15) is 39.0 Å². The standard InChI is InChI=1S/C13H19NO2/c1-2-3-8-14-11-7-5-4-6-10(11)9-12(14)13(15)16/h10-12H,4-9H2,1H3,(H,15,16). The van der Waals surface area contributed by atoms with Gasteiger partial charge in [0.25, 0.3) is 0 Å². The summed E-state index contributed by atoms with van der Waals surface area (Å²) >= 11 is 0. The van der Waals surface area contributed by atoms with Crippen molar-refractivity contribution in [3.8, 4) is 11.8 Å². The van der Waals surface area contributed by atoms with Crippen molar-refractivity contribution < 1.29 is 9.90 Å². The number of carbonyl (C=O) groups is 1. The third-order valence-corrected chi connectivity index (χ3v) is 3.94.